The van der Waals surface area contributed by atoms with Crippen LogP contribution in [0, 0.1) is 0 Å². The molecule has 0 heterocycles. The van der Waals surface area contributed by atoms with Gasteiger partial charge in [0.1, 0.15) is 5.60 Å². The molecule has 0 aromatic heterocycles. The number of hydrogen-bond acceptors (Lipinski definition) is 6. The molecule has 0 fully saturated rings. The van der Waals surface area contributed by atoms with Crippen LogP contribution >= 0.6 is 0 Å². The van der Waals surface area contributed by atoms with Gasteiger partial charge in [-0.15, -0.1) is 0 Å². The predicted molar refractivity (Wildman–Crippen MR) is 78.5 cm³/mol. The van der Waals surface area contributed by atoms with Gasteiger partial charge in [-0.3, -0.25) is 19.2 Å². The van der Waals surface area contributed by atoms with Crippen LogP contribution in [0.25, 0.3) is 0 Å². The van der Waals surface area contributed by atoms with E-state index in [4.69, 9.17) is 10.5 Å². The molecule has 22 heavy (non-hydrogen) atoms. The Balaban J connectivity index is 3.76. The van der Waals surface area contributed by atoms with E-state index in [0.717, 1.165) is 0 Å². The van der Waals surface area contributed by atoms with E-state index in [2.05, 4.69) is 16.0 Å². The largest absolute Gasteiger partial charge is 0.460 e. The zero-order valence-corrected chi connectivity index (χ0v) is 13.2. The lowest BCUT2D eigenvalue weighted by molar-refractivity contribution is -0.154. The predicted octanol–water partition coefficient (Wildman–Crippen LogP) is -1.97. The molecule has 0 aliphatic heterocycles. The van der Waals surface area contributed by atoms with Crippen molar-refractivity contribution in [3.8, 4) is 0 Å². The number of nitrogens with one attached hydrogen (secondary N) is 3. The van der Waals surface area contributed by atoms with Crippen LogP contribution in [0.3, 0.4) is 0 Å². The standard InChI is InChI=1S/C13H24N4O5/c1-13(2,3)22-12(21)4-5-15-10(19)7-17-11(20)8-16-9(18)6-14/h4-8,14H2,1-3H3,(H,15,19)(H,16,18)(H,17,20). The molecule has 0 aliphatic carbocycles. The molecule has 9 heteroatoms. The Kier molecular flexibility index (Phi) is 8.76. The van der Waals surface area contributed by atoms with Crippen molar-refractivity contribution in [1.29, 1.82) is 0 Å². The van der Waals surface area contributed by atoms with Crippen molar-refractivity contribution in [2.45, 2.75) is 32.8 Å². The van der Waals surface area contributed by atoms with Crippen LogP contribution in [-0.4, -0.2) is 55.5 Å². The van der Waals surface area contributed by atoms with Gasteiger partial charge in [0.25, 0.3) is 0 Å². The normalized spacial score (nSPS) is 10.5. The summed E-state index contributed by atoms with van der Waals surface area (Å²) in [6, 6.07) is 0. The summed E-state index contributed by atoms with van der Waals surface area (Å²) in [5, 5.41) is 7.05. The summed E-state index contributed by atoms with van der Waals surface area (Å²) < 4.78 is 5.07. The molecule has 0 spiro atoms. The van der Waals surface area contributed by atoms with Gasteiger partial charge in [0, 0.05) is 6.54 Å². The minimum absolute atomic E-state index is 0.0452. The number of ether oxygens (including phenoxy) is 1. The number of carbonyl (C=O) groups excluding carboxylic acids is 4. The average Bonchev–Trinajstić information content (AvgIpc) is 2.40. The molecule has 3 amide bonds. The summed E-state index contributed by atoms with van der Waals surface area (Å²) in [6.07, 6.45) is 0.0452. The monoisotopic (exact) mass is 316 g/mol. The summed E-state index contributed by atoms with van der Waals surface area (Å²) >= 11 is 0. The zero-order chi connectivity index (χ0) is 17.2. The van der Waals surface area contributed by atoms with Gasteiger partial charge in [0.05, 0.1) is 26.1 Å². The second-order valence-corrected chi connectivity index (χ2v) is 5.44. The first-order valence-corrected chi connectivity index (χ1v) is 6.86. The molecule has 0 unspecified atom stereocenters. The summed E-state index contributed by atoms with van der Waals surface area (Å²) in [4.78, 5) is 44.9. The first kappa shape index (κ1) is 19.8. The first-order valence-electron chi connectivity index (χ1n) is 6.86. The minimum atomic E-state index is -0.566. The number of nitrogens with two attached hydrogens (primary N) is 1. The van der Waals surface area contributed by atoms with Crippen LogP contribution in [0.4, 0.5) is 0 Å². The molecule has 0 aromatic rings. The Morgan fingerprint density at radius 1 is 0.909 bits per heavy atom. The number of esters is 1. The molecule has 0 aromatic carbocycles. The Morgan fingerprint density at radius 2 is 1.41 bits per heavy atom. The Labute approximate surface area is 129 Å². The van der Waals surface area contributed by atoms with E-state index >= 15 is 0 Å². The Hall–Kier alpha value is -2.16. The highest BCUT2D eigenvalue weighted by molar-refractivity contribution is 5.88. The van der Waals surface area contributed by atoms with Gasteiger partial charge in [0.2, 0.25) is 17.7 Å². The maximum Gasteiger partial charge on any atom is 0.308 e. The molecule has 0 radical (unpaired) electrons. The van der Waals surface area contributed by atoms with Gasteiger partial charge in [-0.25, -0.2) is 0 Å². The third-order valence-electron chi connectivity index (χ3n) is 2.15. The fraction of sp³-hybridized carbons (Fsp3) is 0.692. The van der Waals surface area contributed by atoms with E-state index in [1.165, 1.54) is 0 Å². The quantitative estimate of drug-likeness (QED) is 0.383. The van der Waals surface area contributed by atoms with E-state index in [9.17, 15) is 19.2 Å². The van der Waals surface area contributed by atoms with Crippen molar-refractivity contribution in [3.05, 3.63) is 0 Å². The zero-order valence-electron chi connectivity index (χ0n) is 13.2. The molecule has 5 N–H and O–H groups in total. The SMILES string of the molecule is CC(C)(C)OC(=O)CCNC(=O)CNC(=O)CNC(=O)CN. The van der Waals surface area contributed by atoms with Crippen molar-refractivity contribution in [2.24, 2.45) is 5.73 Å². The second-order valence-electron chi connectivity index (χ2n) is 5.44. The van der Waals surface area contributed by atoms with Crippen molar-refractivity contribution in [3.63, 3.8) is 0 Å². The highest BCUT2D eigenvalue weighted by Gasteiger charge is 2.16. The van der Waals surface area contributed by atoms with Gasteiger partial charge in [-0.05, 0) is 20.8 Å². The number of carbonyl (C=O) groups is 4. The van der Waals surface area contributed by atoms with Gasteiger partial charge < -0.3 is 26.4 Å². The van der Waals surface area contributed by atoms with Gasteiger partial charge >= 0.3 is 5.97 Å². The maximum atomic E-state index is 11.4. The molecular weight excluding hydrogens is 292 g/mol. The lowest BCUT2D eigenvalue weighted by Crippen LogP contribution is -2.43. The number of rotatable bonds is 8. The molecule has 0 saturated heterocycles. The van der Waals surface area contributed by atoms with E-state index < -0.39 is 29.3 Å². The third-order valence-corrected chi connectivity index (χ3v) is 2.15. The molecule has 0 rings (SSSR count). The molecular formula is C13H24N4O5. The van der Waals surface area contributed by atoms with Gasteiger partial charge in [-0.1, -0.05) is 0 Å². The lowest BCUT2D eigenvalue weighted by atomic mass is 10.2. The van der Waals surface area contributed by atoms with Crippen molar-refractivity contribution in [2.75, 3.05) is 26.2 Å². The smallest absolute Gasteiger partial charge is 0.308 e. The minimum Gasteiger partial charge on any atom is -0.460 e. The summed E-state index contributed by atoms with van der Waals surface area (Å²) in [6.45, 7) is 4.67. The fourth-order valence-corrected chi connectivity index (χ4v) is 1.25. The average molecular weight is 316 g/mol. The highest BCUT2D eigenvalue weighted by atomic mass is 16.6. The topological polar surface area (TPSA) is 140 Å². The fourth-order valence-electron chi connectivity index (χ4n) is 1.25. The molecule has 126 valence electrons. The summed E-state index contributed by atoms with van der Waals surface area (Å²) in [7, 11) is 0. The molecule has 9 nitrogen and oxygen atoms in total. The first-order chi connectivity index (χ1) is 10.1. The lowest BCUT2D eigenvalue weighted by Gasteiger charge is -2.19. The molecule has 0 aliphatic rings. The van der Waals surface area contributed by atoms with E-state index in [-0.39, 0.29) is 32.6 Å². The molecule has 0 saturated carbocycles. The summed E-state index contributed by atoms with van der Waals surface area (Å²) in [5.74, 6) is -1.83. The highest BCUT2D eigenvalue weighted by Crippen LogP contribution is 2.07. The van der Waals surface area contributed by atoms with E-state index in [1.807, 2.05) is 0 Å². The van der Waals surface area contributed by atoms with Gasteiger partial charge in [-0.2, -0.15) is 0 Å². The Morgan fingerprint density at radius 3 is 1.91 bits per heavy atom. The maximum absolute atomic E-state index is 11.4. The van der Waals surface area contributed by atoms with E-state index in [1.54, 1.807) is 20.8 Å². The molecule has 0 bridgehead atoms. The van der Waals surface area contributed by atoms with Crippen LogP contribution in [-0.2, 0) is 23.9 Å². The number of hydrogen-bond donors (Lipinski definition) is 4. The van der Waals surface area contributed by atoms with Crippen molar-refractivity contribution in [1.82, 2.24) is 16.0 Å². The van der Waals surface area contributed by atoms with Crippen molar-refractivity contribution >= 4 is 23.7 Å². The van der Waals surface area contributed by atoms with Crippen LogP contribution < -0.4 is 21.7 Å². The van der Waals surface area contributed by atoms with Crippen LogP contribution in [0.1, 0.15) is 27.2 Å². The van der Waals surface area contributed by atoms with Crippen LogP contribution in [0.15, 0.2) is 0 Å². The second kappa shape index (κ2) is 9.72. The van der Waals surface area contributed by atoms with E-state index in [0.29, 0.717) is 0 Å². The Bertz CT molecular complexity index is 417. The van der Waals surface area contributed by atoms with Crippen molar-refractivity contribution < 1.29 is 23.9 Å². The molecule has 0 atom stereocenters. The van der Waals surface area contributed by atoms with Gasteiger partial charge in [0.15, 0.2) is 0 Å². The van der Waals surface area contributed by atoms with Crippen LogP contribution in [0.2, 0.25) is 0 Å². The van der Waals surface area contributed by atoms with Crippen LogP contribution in [0.5, 0.6) is 0 Å². The summed E-state index contributed by atoms with van der Waals surface area (Å²) in [5.41, 5.74) is 4.49. The number of amides is 3. The third kappa shape index (κ3) is 11.6.